The van der Waals surface area contributed by atoms with Crippen LogP contribution in [0.3, 0.4) is 0 Å². The topological polar surface area (TPSA) is 35.5 Å². The van der Waals surface area contributed by atoms with E-state index in [0.29, 0.717) is 18.8 Å². The summed E-state index contributed by atoms with van der Waals surface area (Å²) in [6.45, 7) is 9.71. The molecule has 0 N–H and O–H groups in total. The van der Waals surface area contributed by atoms with Gasteiger partial charge in [-0.15, -0.1) is 0 Å². The molecule has 0 aliphatic heterocycles. The molecule has 134 valence electrons. The molecule has 0 bridgehead atoms. The highest BCUT2D eigenvalue weighted by atomic mass is 16.6. The fourth-order valence-corrected chi connectivity index (χ4v) is 3.03. The van der Waals surface area contributed by atoms with E-state index in [1.54, 1.807) is 6.92 Å². The van der Waals surface area contributed by atoms with E-state index in [4.69, 9.17) is 9.47 Å². The number of hydrogen-bond donors (Lipinski definition) is 0. The Hall–Kier alpha value is -2.65. The number of benzene rings is 3. The zero-order valence-corrected chi connectivity index (χ0v) is 15.5. The van der Waals surface area contributed by atoms with Crippen molar-refractivity contribution in [2.75, 3.05) is 6.61 Å². The van der Waals surface area contributed by atoms with Crippen LogP contribution in [0.15, 0.2) is 66.7 Å². The summed E-state index contributed by atoms with van der Waals surface area (Å²) in [5, 5.41) is 4.75. The Morgan fingerprint density at radius 2 is 1.54 bits per heavy atom. The molecule has 0 radical (unpaired) electrons. The minimum Gasteiger partial charge on any atom is -0.454 e. The van der Waals surface area contributed by atoms with Crippen LogP contribution in [0, 0.1) is 0 Å². The van der Waals surface area contributed by atoms with Gasteiger partial charge in [0.1, 0.15) is 5.60 Å². The summed E-state index contributed by atoms with van der Waals surface area (Å²) in [4.78, 5) is 11.8. The highest BCUT2D eigenvalue weighted by molar-refractivity contribution is 6.02. The minimum absolute atomic E-state index is 0.309. The van der Waals surface area contributed by atoms with Gasteiger partial charge in [-0.05, 0) is 53.9 Å². The van der Waals surface area contributed by atoms with Gasteiger partial charge in [-0.25, -0.2) is 4.79 Å². The summed E-state index contributed by atoms with van der Waals surface area (Å²) in [6.07, 6.45) is 0. The number of ether oxygens (including phenoxy) is 2. The summed E-state index contributed by atoms with van der Waals surface area (Å²) in [7, 11) is 0. The highest BCUT2D eigenvalue weighted by Crippen LogP contribution is 2.29. The Morgan fingerprint density at radius 1 is 1.00 bits per heavy atom. The maximum atomic E-state index is 11.8. The molecule has 0 atom stereocenters. The fraction of sp³-hybridized carbons (Fsp3) is 0.261. The number of hydrogen-bond acceptors (Lipinski definition) is 3. The molecule has 0 amide bonds. The zero-order chi connectivity index (χ0) is 18.7. The first-order valence-electron chi connectivity index (χ1n) is 8.73. The largest absolute Gasteiger partial charge is 0.454 e. The van der Waals surface area contributed by atoms with Gasteiger partial charge in [0.05, 0.1) is 13.2 Å². The third kappa shape index (κ3) is 3.94. The van der Waals surface area contributed by atoms with E-state index in [1.807, 2.05) is 38.1 Å². The summed E-state index contributed by atoms with van der Waals surface area (Å²) in [6, 6.07) is 18.8. The maximum absolute atomic E-state index is 11.8. The molecular formula is C23H24O3. The monoisotopic (exact) mass is 348 g/mol. The van der Waals surface area contributed by atoms with Crippen molar-refractivity contribution in [2.24, 2.45) is 0 Å². The quantitative estimate of drug-likeness (QED) is 0.339. The van der Waals surface area contributed by atoms with Gasteiger partial charge >= 0.3 is 5.97 Å². The minimum atomic E-state index is -0.712. The van der Waals surface area contributed by atoms with Crippen LogP contribution in [0.25, 0.3) is 21.5 Å². The second-order valence-electron chi connectivity index (χ2n) is 7.22. The van der Waals surface area contributed by atoms with E-state index in [1.165, 1.54) is 21.5 Å². The van der Waals surface area contributed by atoms with Gasteiger partial charge in [-0.1, -0.05) is 55.1 Å². The molecule has 0 fully saturated rings. The molecule has 3 heteroatoms. The van der Waals surface area contributed by atoms with Gasteiger partial charge in [0.15, 0.2) is 0 Å². The van der Waals surface area contributed by atoms with Crippen LogP contribution in [-0.2, 0) is 20.9 Å². The first-order chi connectivity index (χ1) is 12.4. The smallest absolute Gasteiger partial charge is 0.333 e. The molecule has 0 aliphatic carbocycles. The highest BCUT2D eigenvalue weighted by Gasteiger charge is 2.24. The summed E-state index contributed by atoms with van der Waals surface area (Å²) < 4.78 is 11.4. The SMILES string of the molecule is C=C(C)C(=O)OC(C)(C)COCc1c2ccccc2cc2ccccc12. The molecule has 0 saturated carbocycles. The molecule has 0 heterocycles. The van der Waals surface area contributed by atoms with E-state index < -0.39 is 11.6 Å². The van der Waals surface area contributed by atoms with Crippen LogP contribution in [0.5, 0.6) is 0 Å². The third-order valence-electron chi connectivity index (χ3n) is 4.30. The van der Waals surface area contributed by atoms with Crippen LogP contribution in [0.1, 0.15) is 26.3 Å². The number of esters is 1. The van der Waals surface area contributed by atoms with Crippen molar-refractivity contribution in [2.45, 2.75) is 33.0 Å². The van der Waals surface area contributed by atoms with E-state index in [-0.39, 0.29) is 0 Å². The Bertz CT molecular complexity index is 916. The average Bonchev–Trinajstić information content (AvgIpc) is 2.60. The van der Waals surface area contributed by atoms with E-state index in [2.05, 4.69) is 36.9 Å². The predicted octanol–water partition coefficient (Wildman–Crippen LogP) is 5.41. The van der Waals surface area contributed by atoms with Gasteiger partial charge in [-0.2, -0.15) is 0 Å². The first kappa shape index (κ1) is 18.2. The van der Waals surface area contributed by atoms with Crippen LogP contribution in [-0.4, -0.2) is 18.2 Å². The molecule has 3 nitrogen and oxygen atoms in total. The van der Waals surface area contributed by atoms with E-state index in [9.17, 15) is 4.79 Å². The van der Waals surface area contributed by atoms with Crippen LogP contribution >= 0.6 is 0 Å². The van der Waals surface area contributed by atoms with Crippen LogP contribution in [0.2, 0.25) is 0 Å². The van der Waals surface area contributed by atoms with Gasteiger partial charge in [0.25, 0.3) is 0 Å². The number of carbonyl (C=O) groups excluding carboxylic acids is 1. The fourth-order valence-electron chi connectivity index (χ4n) is 3.03. The predicted molar refractivity (Wildman–Crippen MR) is 106 cm³/mol. The maximum Gasteiger partial charge on any atom is 0.333 e. The molecule has 0 aliphatic rings. The second-order valence-corrected chi connectivity index (χ2v) is 7.22. The van der Waals surface area contributed by atoms with Gasteiger partial charge < -0.3 is 9.47 Å². The van der Waals surface area contributed by atoms with Gasteiger partial charge in [0.2, 0.25) is 0 Å². The lowest BCUT2D eigenvalue weighted by Crippen LogP contribution is -2.33. The Morgan fingerprint density at radius 3 is 2.08 bits per heavy atom. The van der Waals surface area contributed by atoms with E-state index >= 15 is 0 Å². The molecular weight excluding hydrogens is 324 g/mol. The lowest BCUT2D eigenvalue weighted by Gasteiger charge is -2.25. The van der Waals surface area contributed by atoms with Crippen LogP contribution in [0.4, 0.5) is 0 Å². The second kappa shape index (κ2) is 7.30. The molecule has 0 unspecified atom stereocenters. The Labute approximate surface area is 154 Å². The zero-order valence-electron chi connectivity index (χ0n) is 15.5. The van der Waals surface area contributed by atoms with Crippen molar-refractivity contribution in [1.82, 2.24) is 0 Å². The average molecular weight is 348 g/mol. The van der Waals surface area contributed by atoms with E-state index in [0.717, 1.165) is 5.56 Å². The third-order valence-corrected chi connectivity index (χ3v) is 4.30. The van der Waals surface area contributed by atoms with Crippen molar-refractivity contribution < 1.29 is 14.3 Å². The van der Waals surface area contributed by atoms with Crippen molar-refractivity contribution >= 4 is 27.5 Å². The van der Waals surface area contributed by atoms with Crippen molar-refractivity contribution in [3.63, 3.8) is 0 Å². The van der Waals surface area contributed by atoms with Crippen molar-refractivity contribution in [3.8, 4) is 0 Å². The molecule has 3 aromatic carbocycles. The molecule has 0 spiro atoms. The standard InChI is InChI=1S/C23H24O3/c1-16(2)22(24)26-23(3,4)15-25-14-21-19-11-7-5-9-17(19)13-18-10-6-8-12-20(18)21/h5-13H,1,14-15H2,2-4H3. The Kier molecular flexibility index (Phi) is 5.10. The number of fused-ring (bicyclic) bond motifs is 2. The lowest BCUT2D eigenvalue weighted by atomic mass is 9.97. The van der Waals surface area contributed by atoms with Gasteiger partial charge in [0, 0.05) is 5.57 Å². The molecule has 0 saturated heterocycles. The number of carbonyl (C=O) groups is 1. The molecule has 26 heavy (non-hydrogen) atoms. The van der Waals surface area contributed by atoms with Gasteiger partial charge in [-0.3, -0.25) is 0 Å². The molecule has 3 rings (SSSR count). The van der Waals surface area contributed by atoms with Crippen LogP contribution < -0.4 is 0 Å². The molecule has 3 aromatic rings. The Balaban J connectivity index is 1.84. The van der Waals surface area contributed by atoms with Crippen molar-refractivity contribution in [3.05, 3.63) is 72.3 Å². The van der Waals surface area contributed by atoms with Crippen molar-refractivity contribution in [1.29, 1.82) is 0 Å². The lowest BCUT2D eigenvalue weighted by molar-refractivity contribution is -0.157. The normalized spacial score (nSPS) is 11.7. The summed E-state index contributed by atoms with van der Waals surface area (Å²) in [5.41, 5.74) is 0.829. The number of rotatable bonds is 6. The summed E-state index contributed by atoms with van der Waals surface area (Å²) >= 11 is 0. The first-order valence-corrected chi connectivity index (χ1v) is 8.73. The summed E-state index contributed by atoms with van der Waals surface area (Å²) in [5.74, 6) is -0.394. The molecule has 0 aromatic heterocycles.